The highest BCUT2D eigenvalue weighted by molar-refractivity contribution is 6.17. The van der Waals surface area contributed by atoms with E-state index in [1.807, 2.05) is 0 Å². The van der Waals surface area contributed by atoms with Crippen molar-refractivity contribution in [2.45, 2.75) is 44.5 Å². The quantitative estimate of drug-likeness (QED) is 0.782. The Bertz CT molecular complexity index is 446. The standard InChI is InChI=1S/C17H25ClN2/c1-14-6-7-17(15(12-14)13-18)20-10-8-19(9-11-20)16-4-2-3-5-16/h6-7,12,16H,2-5,8-11,13H2,1H3. The Kier molecular flexibility index (Phi) is 4.52. The predicted octanol–water partition coefficient (Wildman–Crippen LogP) is 3.80. The smallest absolute Gasteiger partial charge is 0.0494 e. The van der Waals surface area contributed by atoms with Crippen LogP contribution >= 0.6 is 11.6 Å². The number of anilines is 1. The van der Waals surface area contributed by atoms with Crippen molar-refractivity contribution in [3.63, 3.8) is 0 Å². The SMILES string of the molecule is Cc1ccc(N2CCN(C3CCCC3)CC2)c(CCl)c1. The summed E-state index contributed by atoms with van der Waals surface area (Å²) in [5.41, 5.74) is 3.92. The van der Waals surface area contributed by atoms with Crippen molar-refractivity contribution in [3.05, 3.63) is 29.3 Å². The molecule has 20 heavy (non-hydrogen) atoms. The van der Waals surface area contributed by atoms with Crippen molar-refractivity contribution in [1.29, 1.82) is 0 Å². The van der Waals surface area contributed by atoms with E-state index in [1.54, 1.807) is 0 Å². The molecule has 2 fully saturated rings. The Hall–Kier alpha value is -0.730. The molecule has 0 amide bonds. The van der Waals surface area contributed by atoms with Gasteiger partial charge in [-0.2, -0.15) is 0 Å². The van der Waals surface area contributed by atoms with E-state index in [9.17, 15) is 0 Å². The van der Waals surface area contributed by atoms with Crippen LogP contribution in [-0.4, -0.2) is 37.1 Å². The van der Waals surface area contributed by atoms with Crippen LogP contribution in [0.4, 0.5) is 5.69 Å². The molecular formula is C17H25ClN2. The minimum atomic E-state index is 0.611. The third-order valence-electron chi connectivity index (χ3n) is 4.88. The van der Waals surface area contributed by atoms with Gasteiger partial charge in [-0.25, -0.2) is 0 Å². The maximum atomic E-state index is 6.12. The van der Waals surface area contributed by atoms with Gasteiger partial charge in [0.15, 0.2) is 0 Å². The van der Waals surface area contributed by atoms with Gasteiger partial charge in [0.05, 0.1) is 0 Å². The first-order chi connectivity index (χ1) is 9.78. The highest BCUT2D eigenvalue weighted by Crippen LogP contribution is 2.28. The first-order valence-electron chi connectivity index (χ1n) is 7.92. The van der Waals surface area contributed by atoms with Crippen molar-refractivity contribution in [1.82, 2.24) is 4.90 Å². The molecule has 0 bridgehead atoms. The molecule has 1 saturated carbocycles. The van der Waals surface area contributed by atoms with E-state index in [0.29, 0.717) is 5.88 Å². The van der Waals surface area contributed by atoms with E-state index in [2.05, 4.69) is 34.9 Å². The minimum Gasteiger partial charge on any atom is -0.369 e. The average Bonchev–Trinajstić information content (AvgIpc) is 3.01. The fourth-order valence-corrected chi connectivity index (χ4v) is 3.94. The molecule has 0 unspecified atom stereocenters. The van der Waals surface area contributed by atoms with Gasteiger partial charge in [-0.05, 0) is 31.4 Å². The van der Waals surface area contributed by atoms with E-state index in [4.69, 9.17) is 11.6 Å². The largest absolute Gasteiger partial charge is 0.369 e. The summed E-state index contributed by atoms with van der Waals surface area (Å²) in [6.07, 6.45) is 5.69. The fourth-order valence-electron chi connectivity index (χ4n) is 3.73. The predicted molar refractivity (Wildman–Crippen MR) is 86.8 cm³/mol. The molecule has 1 aromatic rings. The zero-order chi connectivity index (χ0) is 13.9. The molecule has 0 atom stereocenters. The van der Waals surface area contributed by atoms with E-state index in [1.165, 1.54) is 55.6 Å². The minimum absolute atomic E-state index is 0.611. The molecule has 110 valence electrons. The second-order valence-corrected chi connectivity index (χ2v) is 6.49. The van der Waals surface area contributed by atoms with Gasteiger partial charge in [-0.15, -0.1) is 11.6 Å². The summed E-state index contributed by atoms with van der Waals surface area (Å²) in [4.78, 5) is 5.22. The number of halogens is 1. The summed E-state index contributed by atoms with van der Waals surface area (Å²) < 4.78 is 0. The van der Waals surface area contributed by atoms with Crippen LogP contribution in [0.5, 0.6) is 0 Å². The molecule has 1 aliphatic carbocycles. The van der Waals surface area contributed by atoms with Crippen LogP contribution in [-0.2, 0) is 5.88 Å². The molecule has 0 radical (unpaired) electrons. The maximum Gasteiger partial charge on any atom is 0.0494 e. The van der Waals surface area contributed by atoms with Crippen molar-refractivity contribution in [2.24, 2.45) is 0 Å². The van der Waals surface area contributed by atoms with Gasteiger partial charge in [-0.3, -0.25) is 4.90 Å². The van der Waals surface area contributed by atoms with Crippen molar-refractivity contribution in [2.75, 3.05) is 31.1 Å². The number of hydrogen-bond donors (Lipinski definition) is 0. The van der Waals surface area contributed by atoms with E-state index < -0.39 is 0 Å². The number of hydrogen-bond acceptors (Lipinski definition) is 2. The van der Waals surface area contributed by atoms with Gasteiger partial charge >= 0.3 is 0 Å². The molecule has 0 aromatic heterocycles. The van der Waals surface area contributed by atoms with Gasteiger partial charge in [0.1, 0.15) is 0 Å². The van der Waals surface area contributed by atoms with Crippen molar-refractivity contribution < 1.29 is 0 Å². The third kappa shape index (κ3) is 2.96. The molecule has 0 spiro atoms. The molecule has 1 aliphatic heterocycles. The topological polar surface area (TPSA) is 6.48 Å². The molecule has 0 N–H and O–H groups in total. The molecule has 3 heteroatoms. The van der Waals surface area contributed by atoms with Gasteiger partial charge in [0.25, 0.3) is 0 Å². The maximum absolute atomic E-state index is 6.12. The Morgan fingerprint density at radius 2 is 1.80 bits per heavy atom. The molecule has 2 nitrogen and oxygen atoms in total. The summed E-state index contributed by atoms with van der Waals surface area (Å²) in [7, 11) is 0. The summed E-state index contributed by atoms with van der Waals surface area (Å²) >= 11 is 6.12. The first kappa shape index (κ1) is 14.2. The van der Waals surface area contributed by atoms with Crippen LogP contribution in [0.3, 0.4) is 0 Å². The van der Waals surface area contributed by atoms with E-state index >= 15 is 0 Å². The van der Waals surface area contributed by atoms with Crippen molar-refractivity contribution >= 4 is 17.3 Å². The number of nitrogens with zero attached hydrogens (tertiary/aromatic N) is 2. The van der Waals surface area contributed by atoms with Crippen LogP contribution in [0.15, 0.2) is 18.2 Å². The Balaban J connectivity index is 1.65. The normalized spacial score (nSPS) is 21.6. The third-order valence-corrected chi connectivity index (χ3v) is 5.16. The lowest BCUT2D eigenvalue weighted by Crippen LogP contribution is -2.49. The first-order valence-corrected chi connectivity index (χ1v) is 8.46. The second kappa shape index (κ2) is 6.36. The van der Waals surface area contributed by atoms with Crippen LogP contribution in [0.2, 0.25) is 0 Å². The molecule has 1 heterocycles. The van der Waals surface area contributed by atoms with Crippen LogP contribution in [0, 0.1) is 6.92 Å². The fraction of sp³-hybridized carbons (Fsp3) is 0.647. The van der Waals surface area contributed by atoms with Gasteiger partial charge in [0.2, 0.25) is 0 Å². The lowest BCUT2D eigenvalue weighted by molar-refractivity contribution is 0.187. The number of alkyl halides is 1. The highest BCUT2D eigenvalue weighted by atomic mass is 35.5. The molecule has 1 saturated heterocycles. The summed E-state index contributed by atoms with van der Waals surface area (Å²) in [5.74, 6) is 0.611. The summed E-state index contributed by atoms with van der Waals surface area (Å²) in [6, 6.07) is 7.54. The number of piperazine rings is 1. The van der Waals surface area contributed by atoms with Gasteiger partial charge in [0, 0.05) is 43.8 Å². The molecular weight excluding hydrogens is 268 g/mol. The average molecular weight is 293 g/mol. The lowest BCUT2D eigenvalue weighted by Gasteiger charge is -2.39. The van der Waals surface area contributed by atoms with Crippen LogP contribution in [0.25, 0.3) is 0 Å². The Morgan fingerprint density at radius 1 is 1.10 bits per heavy atom. The van der Waals surface area contributed by atoms with Gasteiger partial charge < -0.3 is 4.90 Å². The summed E-state index contributed by atoms with van der Waals surface area (Å²) in [5, 5.41) is 0. The number of benzene rings is 1. The second-order valence-electron chi connectivity index (χ2n) is 6.23. The summed E-state index contributed by atoms with van der Waals surface area (Å²) in [6.45, 7) is 6.84. The van der Waals surface area contributed by atoms with Crippen molar-refractivity contribution in [3.8, 4) is 0 Å². The van der Waals surface area contributed by atoms with Gasteiger partial charge in [-0.1, -0.05) is 30.5 Å². The Labute approximate surface area is 127 Å². The Morgan fingerprint density at radius 3 is 2.45 bits per heavy atom. The number of aryl methyl sites for hydroxylation is 1. The van der Waals surface area contributed by atoms with Crippen LogP contribution in [0.1, 0.15) is 36.8 Å². The zero-order valence-corrected chi connectivity index (χ0v) is 13.2. The molecule has 1 aromatic carbocycles. The number of rotatable bonds is 3. The van der Waals surface area contributed by atoms with E-state index in [0.717, 1.165) is 19.1 Å². The lowest BCUT2D eigenvalue weighted by atomic mass is 10.1. The monoisotopic (exact) mass is 292 g/mol. The zero-order valence-electron chi connectivity index (χ0n) is 12.4. The van der Waals surface area contributed by atoms with Crippen LogP contribution < -0.4 is 4.90 Å². The van der Waals surface area contributed by atoms with E-state index in [-0.39, 0.29) is 0 Å². The molecule has 2 aliphatic rings. The molecule has 3 rings (SSSR count). The highest BCUT2D eigenvalue weighted by Gasteiger charge is 2.26.